The Hall–Kier alpha value is -2.02. The third-order valence-electron chi connectivity index (χ3n) is 3.79. The fraction of sp³-hybridized carbons (Fsp3) is 0.625. The van der Waals surface area contributed by atoms with E-state index in [1.807, 2.05) is 12.1 Å². The number of ether oxygens (including phenoxy) is 1. The van der Waals surface area contributed by atoms with Crippen LogP contribution >= 0.6 is 0 Å². The quantitative estimate of drug-likeness (QED) is 0.743. The minimum atomic E-state index is -0.264. The maximum absolute atomic E-state index is 11.9. The van der Waals surface area contributed by atoms with Gasteiger partial charge in [-0.15, -0.1) is 0 Å². The van der Waals surface area contributed by atoms with Gasteiger partial charge >= 0.3 is 6.09 Å². The van der Waals surface area contributed by atoms with Gasteiger partial charge in [0.25, 0.3) is 0 Å². The van der Waals surface area contributed by atoms with E-state index in [9.17, 15) is 9.59 Å². The largest absolute Gasteiger partial charge is 0.468 e. The first-order chi connectivity index (χ1) is 11.2. The lowest BCUT2D eigenvalue weighted by Crippen LogP contribution is -2.47. The standard InChI is InChI=1S/C16H25N3O4/c1-2-22-16(21)19-9-6-13(7-10-19)18-15(20)5-8-17-12-14-4-3-11-23-14/h3-4,11,13,17H,2,5-10,12H2,1H3,(H,18,20). The van der Waals surface area contributed by atoms with Gasteiger partial charge in [-0.05, 0) is 31.9 Å². The summed E-state index contributed by atoms with van der Waals surface area (Å²) in [6.07, 6.45) is 3.33. The van der Waals surface area contributed by atoms with Crippen LogP contribution in [0.25, 0.3) is 0 Å². The van der Waals surface area contributed by atoms with Crippen LogP contribution < -0.4 is 10.6 Å². The number of likely N-dealkylation sites (tertiary alicyclic amines) is 1. The second-order valence-corrected chi connectivity index (χ2v) is 5.53. The van der Waals surface area contributed by atoms with Crippen LogP contribution in [0.15, 0.2) is 22.8 Å². The molecule has 1 aromatic rings. The van der Waals surface area contributed by atoms with Crippen molar-refractivity contribution in [2.75, 3.05) is 26.2 Å². The van der Waals surface area contributed by atoms with E-state index >= 15 is 0 Å². The van der Waals surface area contributed by atoms with Crippen LogP contribution in [0, 0.1) is 0 Å². The predicted molar refractivity (Wildman–Crippen MR) is 84.8 cm³/mol. The number of carbonyl (C=O) groups excluding carboxylic acids is 2. The van der Waals surface area contributed by atoms with Gasteiger partial charge in [-0.25, -0.2) is 4.79 Å². The summed E-state index contributed by atoms with van der Waals surface area (Å²) < 4.78 is 10.2. The first-order valence-corrected chi connectivity index (χ1v) is 8.13. The lowest BCUT2D eigenvalue weighted by atomic mass is 10.1. The number of amides is 2. The molecular formula is C16H25N3O4. The Morgan fingerprint density at radius 3 is 2.83 bits per heavy atom. The maximum Gasteiger partial charge on any atom is 0.409 e. The van der Waals surface area contributed by atoms with Crippen molar-refractivity contribution in [2.24, 2.45) is 0 Å². The van der Waals surface area contributed by atoms with E-state index in [-0.39, 0.29) is 18.0 Å². The molecule has 7 heteroatoms. The molecule has 0 atom stereocenters. The average Bonchev–Trinajstić information content (AvgIpc) is 3.06. The van der Waals surface area contributed by atoms with E-state index in [4.69, 9.17) is 9.15 Å². The van der Waals surface area contributed by atoms with Gasteiger partial charge in [0.15, 0.2) is 0 Å². The predicted octanol–water partition coefficient (Wildman–Crippen LogP) is 1.50. The molecule has 1 aromatic heterocycles. The van der Waals surface area contributed by atoms with E-state index in [2.05, 4.69) is 10.6 Å². The highest BCUT2D eigenvalue weighted by atomic mass is 16.6. The Bertz CT molecular complexity index is 482. The first kappa shape index (κ1) is 17.3. The van der Waals surface area contributed by atoms with Crippen molar-refractivity contribution >= 4 is 12.0 Å². The fourth-order valence-electron chi connectivity index (χ4n) is 2.55. The zero-order valence-corrected chi connectivity index (χ0v) is 13.5. The van der Waals surface area contributed by atoms with Crippen molar-refractivity contribution in [2.45, 2.75) is 38.8 Å². The number of nitrogens with one attached hydrogen (secondary N) is 2. The number of rotatable bonds is 7. The van der Waals surface area contributed by atoms with Gasteiger partial charge < -0.3 is 24.7 Å². The molecule has 0 bridgehead atoms. The van der Waals surface area contributed by atoms with Crippen molar-refractivity contribution in [1.82, 2.24) is 15.5 Å². The summed E-state index contributed by atoms with van der Waals surface area (Å²) in [6, 6.07) is 3.87. The van der Waals surface area contributed by atoms with Crippen molar-refractivity contribution in [3.63, 3.8) is 0 Å². The molecule has 0 radical (unpaired) electrons. The van der Waals surface area contributed by atoms with Crippen LogP contribution in [-0.4, -0.2) is 49.2 Å². The molecule has 2 amide bonds. The summed E-state index contributed by atoms with van der Waals surface area (Å²) in [5.41, 5.74) is 0. The molecule has 0 saturated carbocycles. The molecule has 0 aromatic carbocycles. The summed E-state index contributed by atoms with van der Waals surface area (Å²) in [4.78, 5) is 25.2. The molecule has 1 fully saturated rings. The smallest absolute Gasteiger partial charge is 0.409 e. The highest BCUT2D eigenvalue weighted by Gasteiger charge is 2.24. The molecule has 1 saturated heterocycles. The first-order valence-electron chi connectivity index (χ1n) is 8.13. The summed E-state index contributed by atoms with van der Waals surface area (Å²) in [5, 5.41) is 6.19. The van der Waals surface area contributed by atoms with Gasteiger partial charge in [0.05, 0.1) is 19.4 Å². The van der Waals surface area contributed by atoms with Crippen LogP contribution in [0.1, 0.15) is 31.9 Å². The van der Waals surface area contributed by atoms with Crippen LogP contribution in [0.2, 0.25) is 0 Å². The van der Waals surface area contributed by atoms with Gasteiger partial charge in [0, 0.05) is 32.1 Å². The van der Waals surface area contributed by atoms with Crippen molar-refractivity contribution < 1.29 is 18.7 Å². The third-order valence-corrected chi connectivity index (χ3v) is 3.79. The van der Waals surface area contributed by atoms with Crippen LogP contribution in [0.3, 0.4) is 0 Å². The third kappa shape index (κ3) is 5.94. The zero-order chi connectivity index (χ0) is 16.5. The van der Waals surface area contributed by atoms with Crippen LogP contribution in [-0.2, 0) is 16.1 Å². The summed E-state index contributed by atoms with van der Waals surface area (Å²) >= 11 is 0. The van der Waals surface area contributed by atoms with E-state index in [0.717, 1.165) is 18.6 Å². The molecule has 0 spiro atoms. The highest BCUT2D eigenvalue weighted by Crippen LogP contribution is 2.11. The van der Waals surface area contributed by atoms with Crippen molar-refractivity contribution in [3.8, 4) is 0 Å². The van der Waals surface area contributed by atoms with E-state index < -0.39 is 0 Å². The fourth-order valence-corrected chi connectivity index (χ4v) is 2.55. The summed E-state index contributed by atoms with van der Waals surface area (Å²) in [5.74, 6) is 0.892. The van der Waals surface area contributed by atoms with Crippen LogP contribution in [0.4, 0.5) is 4.79 Å². The van der Waals surface area contributed by atoms with Crippen molar-refractivity contribution in [3.05, 3.63) is 24.2 Å². The summed E-state index contributed by atoms with van der Waals surface area (Å²) in [6.45, 7) is 4.67. The van der Waals surface area contributed by atoms with E-state index in [1.54, 1.807) is 18.1 Å². The molecule has 0 unspecified atom stereocenters. The SMILES string of the molecule is CCOC(=O)N1CCC(NC(=O)CCNCc2ccco2)CC1. The molecule has 2 N–H and O–H groups in total. The Labute approximate surface area is 136 Å². The molecule has 128 valence electrons. The zero-order valence-electron chi connectivity index (χ0n) is 13.5. The minimum Gasteiger partial charge on any atom is -0.468 e. The van der Waals surface area contributed by atoms with Gasteiger partial charge in [-0.2, -0.15) is 0 Å². The Kier molecular flexibility index (Phi) is 6.93. The highest BCUT2D eigenvalue weighted by molar-refractivity contribution is 5.76. The number of hydrogen-bond acceptors (Lipinski definition) is 5. The van der Waals surface area contributed by atoms with Gasteiger partial charge in [-0.3, -0.25) is 4.79 Å². The number of piperidine rings is 1. The monoisotopic (exact) mass is 323 g/mol. The lowest BCUT2D eigenvalue weighted by Gasteiger charge is -2.31. The van der Waals surface area contributed by atoms with E-state index in [0.29, 0.717) is 39.2 Å². The normalized spacial score (nSPS) is 15.4. The molecular weight excluding hydrogens is 298 g/mol. The van der Waals surface area contributed by atoms with Gasteiger partial charge in [0.1, 0.15) is 5.76 Å². The molecule has 2 rings (SSSR count). The lowest BCUT2D eigenvalue weighted by molar-refractivity contribution is -0.122. The Morgan fingerprint density at radius 1 is 1.39 bits per heavy atom. The molecule has 1 aliphatic rings. The van der Waals surface area contributed by atoms with Gasteiger partial charge in [-0.1, -0.05) is 0 Å². The number of furan rings is 1. The number of carbonyl (C=O) groups is 2. The topological polar surface area (TPSA) is 83.8 Å². The summed E-state index contributed by atoms with van der Waals surface area (Å²) in [7, 11) is 0. The molecule has 2 heterocycles. The second kappa shape index (κ2) is 9.19. The number of hydrogen-bond donors (Lipinski definition) is 2. The molecule has 0 aliphatic carbocycles. The number of nitrogens with zero attached hydrogens (tertiary/aromatic N) is 1. The Balaban J connectivity index is 1.56. The van der Waals surface area contributed by atoms with Crippen molar-refractivity contribution in [1.29, 1.82) is 0 Å². The second-order valence-electron chi connectivity index (χ2n) is 5.53. The molecule has 7 nitrogen and oxygen atoms in total. The minimum absolute atomic E-state index is 0.0338. The van der Waals surface area contributed by atoms with Gasteiger partial charge in [0.2, 0.25) is 5.91 Å². The maximum atomic E-state index is 11.9. The van der Waals surface area contributed by atoms with E-state index in [1.165, 1.54) is 0 Å². The molecule has 1 aliphatic heterocycles. The van der Waals surface area contributed by atoms with Crippen LogP contribution in [0.5, 0.6) is 0 Å². The Morgan fingerprint density at radius 2 is 2.17 bits per heavy atom. The molecule has 23 heavy (non-hydrogen) atoms. The average molecular weight is 323 g/mol.